The highest BCUT2D eigenvalue weighted by atomic mass is 16.5. The molecule has 3 aromatic carbocycles. The Kier molecular flexibility index (Phi) is 7.70. The van der Waals surface area contributed by atoms with Crippen molar-refractivity contribution in [3.8, 4) is 11.5 Å². The number of benzene rings is 3. The fraction of sp³-hybridized carbons (Fsp3) is 0.240. The fourth-order valence-corrected chi connectivity index (χ4v) is 3.21. The number of amides is 1. The maximum Gasteiger partial charge on any atom is 0.221 e. The van der Waals surface area contributed by atoms with Gasteiger partial charge in [-0.25, -0.2) is 0 Å². The number of hydrogen-bond acceptors (Lipinski definition) is 3. The van der Waals surface area contributed by atoms with E-state index >= 15 is 0 Å². The van der Waals surface area contributed by atoms with Crippen LogP contribution in [0.15, 0.2) is 84.9 Å². The SMILES string of the molecule is CCOc1ccc(OCCNC(=O)CC(c2ccccc2)c2ccccc2)cc1. The van der Waals surface area contributed by atoms with Crippen molar-refractivity contribution < 1.29 is 14.3 Å². The molecule has 0 spiro atoms. The molecule has 0 aliphatic rings. The molecule has 0 bridgehead atoms. The lowest BCUT2D eigenvalue weighted by molar-refractivity contribution is -0.121. The summed E-state index contributed by atoms with van der Waals surface area (Å²) in [7, 11) is 0. The average Bonchev–Trinajstić information content (AvgIpc) is 2.77. The Hall–Kier alpha value is -3.27. The molecule has 3 rings (SSSR count). The number of rotatable bonds is 10. The summed E-state index contributed by atoms with van der Waals surface area (Å²) in [5, 5.41) is 2.97. The monoisotopic (exact) mass is 389 g/mol. The third-order valence-corrected chi connectivity index (χ3v) is 4.62. The minimum Gasteiger partial charge on any atom is -0.494 e. The van der Waals surface area contributed by atoms with Crippen LogP contribution in [0.1, 0.15) is 30.4 Å². The van der Waals surface area contributed by atoms with E-state index in [1.165, 1.54) is 0 Å². The second-order valence-electron chi connectivity index (χ2n) is 6.68. The lowest BCUT2D eigenvalue weighted by Gasteiger charge is -2.18. The Balaban J connectivity index is 1.50. The maximum atomic E-state index is 12.5. The second kappa shape index (κ2) is 10.9. The van der Waals surface area contributed by atoms with Crippen LogP contribution in [-0.4, -0.2) is 25.7 Å². The Morgan fingerprint density at radius 2 is 1.31 bits per heavy atom. The van der Waals surface area contributed by atoms with Gasteiger partial charge in [0.15, 0.2) is 0 Å². The third-order valence-electron chi connectivity index (χ3n) is 4.62. The van der Waals surface area contributed by atoms with Crippen molar-refractivity contribution in [1.82, 2.24) is 5.32 Å². The highest BCUT2D eigenvalue weighted by Gasteiger charge is 2.17. The molecule has 3 aromatic rings. The van der Waals surface area contributed by atoms with Crippen LogP contribution in [0.25, 0.3) is 0 Å². The first kappa shape index (κ1) is 20.5. The Morgan fingerprint density at radius 3 is 1.83 bits per heavy atom. The Morgan fingerprint density at radius 1 is 0.793 bits per heavy atom. The van der Waals surface area contributed by atoms with Crippen molar-refractivity contribution in [3.63, 3.8) is 0 Å². The van der Waals surface area contributed by atoms with Crippen molar-refractivity contribution in [2.24, 2.45) is 0 Å². The molecular formula is C25H27NO3. The molecule has 0 aliphatic heterocycles. The standard InChI is InChI=1S/C25H27NO3/c1-2-28-22-13-15-23(16-14-22)29-18-17-26-25(27)19-24(20-9-5-3-6-10-20)21-11-7-4-8-12-21/h3-16,24H,2,17-19H2,1H3,(H,26,27). The average molecular weight is 389 g/mol. The van der Waals surface area contributed by atoms with Crippen LogP contribution in [-0.2, 0) is 4.79 Å². The number of nitrogens with one attached hydrogen (secondary N) is 1. The Bertz CT molecular complexity index is 824. The number of ether oxygens (including phenoxy) is 2. The van der Waals surface area contributed by atoms with Crippen LogP contribution in [0.3, 0.4) is 0 Å². The molecular weight excluding hydrogens is 362 g/mol. The molecule has 150 valence electrons. The van der Waals surface area contributed by atoms with Gasteiger partial charge in [0.05, 0.1) is 13.2 Å². The smallest absolute Gasteiger partial charge is 0.221 e. The first-order chi connectivity index (χ1) is 14.3. The minimum absolute atomic E-state index is 0.0120. The number of carbonyl (C=O) groups is 1. The molecule has 29 heavy (non-hydrogen) atoms. The van der Waals surface area contributed by atoms with E-state index in [0.717, 1.165) is 22.6 Å². The first-order valence-corrected chi connectivity index (χ1v) is 9.98. The molecule has 1 N–H and O–H groups in total. The lowest BCUT2D eigenvalue weighted by atomic mass is 9.88. The molecule has 0 unspecified atom stereocenters. The molecule has 4 heteroatoms. The summed E-state index contributed by atoms with van der Waals surface area (Å²) >= 11 is 0. The van der Waals surface area contributed by atoms with E-state index in [4.69, 9.17) is 9.47 Å². The minimum atomic E-state index is 0.0120. The zero-order chi connectivity index (χ0) is 20.3. The maximum absolute atomic E-state index is 12.5. The van der Waals surface area contributed by atoms with E-state index in [-0.39, 0.29) is 11.8 Å². The zero-order valence-electron chi connectivity index (χ0n) is 16.7. The topological polar surface area (TPSA) is 47.6 Å². The summed E-state index contributed by atoms with van der Waals surface area (Å²) in [5.74, 6) is 1.62. The van der Waals surface area contributed by atoms with Crippen LogP contribution in [0, 0.1) is 0 Å². The van der Waals surface area contributed by atoms with Crippen molar-refractivity contribution in [2.75, 3.05) is 19.8 Å². The van der Waals surface area contributed by atoms with Gasteiger partial charge in [-0.3, -0.25) is 4.79 Å². The molecule has 0 saturated carbocycles. The molecule has 0 radical (unpaired) electrons. The summed E-state index contributed by atoms with van der Waals surface area (Å²) in [6.45, 7) is 3.47. The molecule has 0 heterocycles. The van der Waals surface area contributed by atoms with Crippen LogP contribution in [0.2, 0.25) is 0 Å². The van der Waals surface area contributed by atoms with Crippen LogP contribution in [0.4, 0.5) is 0 Å². The molecule has 0 fully saturated rings. The quantitative estimate of drug-likeness (QED) is 0.507. The zero-order valence-corrected chi connectivity index (χ0v) is 16.7. The molecule has 0 atom stereocenters. The predicted molar refractivity (Wildman–Crippen MR) is 115 cm³/mol. The van der Waals surface area contributed by atoms with Crippen LogP contribution >= 0.6 is 0 Å². The van der Waals surface area contributed by atoms with E-state index in [2.05, 4.69) is 29.6 Å². The van der Waals surface area contributed by atoms with Crippen molar-refractivity contribution in [1.29, 1.82) is 0 Å². The highest BCUT2D eigenvalue weighted by molar-refractivity contribution is 5.77. The molecule has 0 aliphatic carbocycles. The predicted octanol–water partition coefficient (Wildman–Crippen LogP) is 4.80. The normalized spacial score (nSPS) is 10.6. The van der Waals surface area contributed by atoms with Gasteiger partial charge in [0.25, 0.3) is 0 Å². The highest BCUT2D eigenvalue weighted by Crippen LogP contribution is 2.27. The van der Waals surface area contributed by atoms with Gasteiger partial charge in [0, 0.05) is 12.3 Å². The van der Waals surface area contributed by atoms with Gasteiger partial charge in [-0.1, -0.05) is 60.7 Å². The van der Waals surface area contributed by atoms with Gasteiger partial charge >= 0.3 is 0 Å². The lowest BCUT2D eigenvalue weighted by Crippen LogP contribution is -2.29. The molecule has 0 aromatic heterocycles. The van der Waals surface area contributed by atoms with E-state index in [1.54, 1.807) is 0 Å². The number of carbonyl (C=O) groups excluding carboxylic acids is 1. The third kappa shape index (κ3) is 6.39. The molecule has 4 nitrogen and oxygen atoms in total. The fourth-order valence-electron chi connectivity index (χ4n) is 3.21. The summed E-state index contributed by atoms with van der Waals surface area (Å²) in [6, 6.07) is 27.8. The Labute approximate surface area is 172 Å². The van der Waals surface area contributed by atoms with Crippen LogP contribution in [0.5, 0.6) is 11.5 Å². The van der Waals surface area contributed by atoms with Gasteiger partial charge in [0.2, 0.25) is 5.91 Å². The molecule has 1 amide bonds. The van der Waals surface area contributed by atoms with Gasteiger partial charge in [-0.05, 0) is 42.3 Å². The summed E-state index contributed by atoms with van der Waals surface area (Å²) < 4.78 is 11.1. The van der Waals surface area contributed by atoms with Crippen LogP contribution < -0.4 is 14.8 Å². The van der Waals surface area contributed by atoms with Crippen molar-refractivity contribution in [2.45, 2.75) is 19.3 Å². The largest absolute Gasteiger partial charge is 0.494 e. The summed E-state index contributed by atoms with van der Waals surface area (Å²) in [5.41, 5.74) is 2.28. The van der Waals surface area contributed by atoms with Crippen molar-refractivity contribution >= 4 is 5.91 Å². The van der Waals surface area contributed by atoms with Gasteiger partial charge in [-0.2, -0.15) is 0 Å². The number of hydrogen-bond donors (Lipinski definition) is 1. The second-order valence-corrected chi connectivity index (χ2v) is 6.68. The van der Waals surface area contributed by atoms with Gasteiger partial charge in [-0.15, -0.1) is 0 Å². The van der Waals surface area contributed by atoms with E-state index in [0.29, 0.717) is 26.2 Å². The van der Waals surface area contributed by atoms with Gasteiger partial charge < -0.3 is 14.8 Å². The van der Waals surface area contributed by atoms with Gasteiger partial charge in [0.1, 0.15) is 18.1 Å². The van der Waals surface area contributed by atoms with E-state index in [9.17, 15) is 4.79 Å². The van der Waals surface area contributed by atoms with E-state index < -0.39 is 0 Å². The summed E-state index contributed by atoms with van der Waals surface area (Å²) in [4.78, 5) is 12.5. The summed E-state index contributed by atoms with van der Waals surface area (Å²) in [6.07, 6.45) is 0.400. The molecule has 0 saturated heterocycles. The van der Waals surface area contributed by atoms with Crippen molar-refractivity contribution in [3.05, 3.63) is 96.1 Å². The first-order valence-electron chi connectivity index (χ1n) is 9.98. The van der Waals surface area contributed by atoms with E-state index in [1.807, 2.05) is 67.6 Å².